The van der Waals surface area contributed by atoms with Crippen molar-refractivity contribution in [1.29, 1.82) is 0 Å². The predicted octanol–water partition coefficient (Wildman–Crippen LogP) is -0.444. The Bertz CT molecular complexity index is 542. The van der Waals surface area contributed by atoms with Gasteiger partial charge in [0.05, 0.1) is 12.2 Å². The Hall–Kier alpha value is -1.41. The topological polar surface area (TPSA) is 104 Å². The van der Waals surface area contributed by atoms with Gasteiger partial charge in [-0.25, -0.2) is 8.42 Å². The highest BCUT2D eigenvalue weighted by Gasteiger charge is 2.37. The fourth-order valence-electron chi connectivity index (χ4n) is 2.67. The first-order valence-electron chi connectivity index (χ1n) is 6.47. The molecule has 0 aromatic carbocycles. The first-order valence-corrected chi connectivity index (χ1v) is 8.32. The Balaban J connectivity index is 1.96. The number of hydrogen-bond acceptors (Lipinski definition) is 4. The van der Waals surface area contributed by atoms with E-state index >= 15 is 0 Å². The number of aliphatic carboxylic acids is 1. The van der Waals surface area contributed by atoms with E-state index in [0.29, 0.717) is 25.8 Å². The van der Waals surface area contributed by atoms with E-state index in [1.807, 2.05) is 0 Å². The van der Waals surface area contributed by atoms with Gasteiger partial charge in [0.2, 0.25) is 15.9 Å². The summed E-state index contributed by atoms with van der Waals surface area (Å²) in [6, 6.07) is -1.02. The molecule has 0 aromatic rings. The molecule has 3 unspecified atom stereocenters. The molecule has 0 radical (unpaired) electrons. The van der Waals surface area contributed by atoms with Crippen LogP contribution in [-0.2, 0) is 19.6 Å². The van der Waals surface area contributed by atoms with Crippen molar-refractivity contribution in [2.24, 2.45) is 5.92 Å². The minimum atomic E-state index is -3.39. The van der Waals surface area contributed by atoms with Gasteiger partial charge in [-0.2, -0.15) is 4.31 Å². The van der Waals surface area contributed by atoms with E-state index in [-0.39, 0.29) is 11.9 Å². The van der Waals surface area contributed by atoms with E-state index in [1.54, 1.807) is 12.2 Å². The van der Waals surface area contributed by atoms with Crippen LogP contribution >= 0.6 is 0 Å². The number of hydrogen-bond donors (Lipinski definition) is 2. The molecule has 8 heteroatoms. The first kappa shape index (κ1) is 15.0. The van der Waals surface area contributed by atoms with Gasteiger partial charge in [-0.1, -0.05) is 12.2 Å². The summed E-state index contributed by atoms with van der Waals surface area (Å²) in [7, 11) is -3.39. The van der Waals surface area contributed by atoms with E-state index in [1.165, 1.54) is 4.31 Å². The van der Waals surface area contributed by atoms with Crippen LogP contribution in [0.15, 0.2) is 12.2 Å². The minimum Gasteiger partial charge on any atom is -0.481 e. The summed E-state index contributed by atoms with van der Waals surface area (Å²) in [4.78, 5) is 23.0. The number of nitrogens with zero attached hydrogens (tertiary/aromatic N) is 1. The Morgan fingerprint density at radius 1 is 1.35 bits per heavy atom. The number of carbonyl (C=O) groups is 2. The summed E-state index contributed by atoms with van der Waals surface area (Å²) >= 11 is 0. The average molecular weight is 302 g/mol. The monoisotopic (exact) mass is 302 g/mol. The highest BCUT2D eigenvalue weighted by molar-refractivity contribution is 7.88. The van der Waals surface area contributed by atoms with Crippen molar-refractivity contribution < 1.29 is 23.1 Å². The Labute approximate surface area is 117 Å². The summed E-state index contributed by atoms with van der Waals surface area (Å²) in [6.45, 7) is 0.356. The normalized spacial score (nSPS) is 30.6. The van der Waals surface area contributed by atoms with Crippen molar-refractivity contribution in [1.82, 2.24) is 9.62 Å². The van der Waals surface area contributed by atoms with Crippen LogP contribution in [0.1, 0.15) is 19.3 Å². The number of rotatable bonds is 4. The second-order valence-corrected chi connectivity index (χ2v) is 7.15. The van der Waals surface area contributed by atoms with Crippen LogP contribution in [0.25, 0.3) is 0 Å². The van der Waals surface area contributed by atoms with Gasteiger partial charge in [-0.15, -0.1) is 0 Å². The van der Waals surface area contributed by atoms with Crippen molar-refractivity contribution in [2.45, 2.75) is 31.3 Å². The number of amides is 1. The van der Waals surface area contributed by atoms with Gasteiger partial charge in [0.15, 0.2) is 0 Å². The molecular weight excluding hydrogens is 284 g/mol. The van der Waals surface area contributed by atoms with E-state index in [9.17, 15) is 18.0 Å². The summed E-state index contributed by atoms with van der Waals surface area (Å²) in [6.07, 6.45) is 5.76. The molecule has 2 rings (SSSR count). The molecule has 20 heavy (non-hydrogen) atoms. The highest BCUT2D eigenvalue weighted by Crippen LogP contribution is 2.22. The maximum absolute atomic E-state index is 12.1. The van der Waals surface area contributed by atoms with Gasteiger partial charge in [0.1, 0.15) is 6.04 Å². The lowest BCUT2D eigenvalue weighted by atomic mass is 10.1. The Kier molecular flexibility index (Phi) is 4.14. The molecule has 1 heterocycles. The zero-order chi connectivity index (χ0) is 14.9. The van der Waals surface area contributed by atoms with Crippen molar-refractivity contribution >= 4 is 21.9 Å². The SMILES string of the molecule is CS(=O)(=O)N1CCCC1C(=O)NC1C=CC(C(=O)O)C1. The number of carboxylic acid groups (broad SMARTS) is 1. The molecule has 1 aliphatic heterocycles. The van der Waals surface area contributed by atoms with Gasteiger partial charge >= 0.3 is 5.97 Å². The zero-order valence-electron chi connectivity index (χ0n) is 11.2. The second-order valence-electron chi connectivity index (χ2n) is 5.21. The molecule has 1 fully saturated rings. The quantitative estimate of drug-likeness (QED) is 0.685. The van der Waals surface area contributed by atoms with Crippen molar-refractivity contribution in [3.63, 3.8) is 0 Å². The lowest BCUT2D eigenvalue weighted by molar-refractivity contribution is -0.140. The van der Waals surface area contributed by atoms with E-state index in [2.05, 4.69) is 5.32 Å². The Morgan fingerprint density at radius 2 is 2.05 bits per heavy atom. The van der Waals surface area contributed by atoms with Gasteiger partial charge in [0.25, 0.3) is 0 Å². The van der Waals surface area contributed by atoms with Crippen LogP contribution in [0.2, 0.25) is 0 Å². The van der Waals surface area contributed by atoms with E-state index in [0.717, 1.165) is 6.26 Å². The number of carbonyl (C=O) groups excluding carboxylic acids is 1. The maximum Gasteiger partial charge on any atom is 0.310 e. The summed E-state index contributed by atoms with van der Waals surface area (Å²) < 4.78 is 24.4. The van der Waals surface area contributed by atoms with Crippen molar-refractivity contribution in [3.05, 3.63) is 12.2 Å². The van der Waals surface area contributed by atoms with Crippen LogP contribution in [0.5, 0.6) is 0 Å². The predicted molar refractivity (Wildman–Crippen MR) is 71.4 cm³/mol. The lowest BCUT2D eigenvalue weighted by Gasteiger charge is -2.23. The Morgan fingerprint density at radius 3 is 2.60 bits per heavy atom. The zero-order valence-corrected chi connectivity index (χ0v) is 12.0. The summed E-state index contributed by atoms with van der Waals surface area (Å²) in [5.74, 6) is -1.86. The minimum absolute atomic E-state index is 0.312. The largest absolute Gasteiger partial charge is 0.481 e. The molecule has 0 spiro atoms. The molecular formula is C12H18N2O5S. The molecule has 112 valence electrons. The highest BCUT2D eigenvalue weighted by atomic mass is 32.2. The first-order chi connectivity index (χ1) is 9.29. The van der Waals surface area contributed by atoms with Crippen LogP contribution in [0.3, 0.4) is 0 Å². The molecule has 7 nitrogen and oxygen atoms in total. The van der Waals surface area contributed by atoms with Crippen molar-refractivity contribution in [3.8, 4) is 0 Å². The fourth-order valence-corrected chi connectivity index (χ4v) is 3.79. The van der Waals surface area contributed by atoms with E-state index in [4.69, 9.17) is 5.11 Å². The molecule has 3 atom stereocenters. The molecule has 0 bridgehead atoms. The smallest absolute Gasteiger partial charge is 0.310 e. The number of carboxylic acids is 1. The van der Waals surface area contributed by atoms with Crippen LogP contribution < -0.4 is 5.32 Å². The van der Waals surface area contributed by atoms with Gasteiger partial charge < -0.3 is 10.4 Å². The molecule has 0 aromatic heterocycles. The third kappa shape index (κ3) is 3.18. The van der Waals surface area contributed by atoms with Crippen LogP contribution in [0, 0.1) is 5.92 Å². The van der Waals surface area contributed by atoms with Crippen molar-refractivity contribution in [2.75, 3.05) is 12.8 Å². The average Bonchev–Trinajstić information content (AvgIpc) is 2.95. The number of nitrogens with one attached hydrogen (secondary N) is 1. The lowest BCUT2D eigenvalue weighted by Crippen LogP contribution is -2.48. The molecule has 2 N–H and O–H groups in total. The van der Waals surface area contributed by atoms with E-state index < -0.39 is 28.0 Å². The van der Waals surface area contributed by atoms with Crippen LogP contribution in [-0.4, -0.2) is 54.6 Å². The summed E-state index contributed by atoms with van der Waals surface area (Å²) in [5.41, 5.74) is 0. The van der Waals surface area contributed by atoms with Gasteiger partial charge in [-0.05, 0) is 19.3 Å². The number of sulfonamides is 1. The van der Waals surface area contributed by atoms with Gasteiger partial charge in [0, 0.05) is 12.6 Å². The standard InChI is InChI=1S/C12H18N2O5S/c1-20(18,19)14-6-2-3-10(14)11(15)13-9-5-4-8(7-9)12(16)17/h4-5,8-10H,2-3,6-7H2,1H3,(H,13,15)(H,16,17). The molecule has 2 aliphatic rings. The molecule has 1 saturated heterocycles. The third-order valence-electron chi connectivity index (χ3n) is 3.66. The third-order valence-corrected chi connectivity index (χ3v) is 4.95. The maximum atomic E-state index is 12.1. The molecule has 1 aliphatic carbocycles. The molecule has 1 amide bonds. The van der Waals surface area contributed by atoms with Crippen LogP contribution in [0.4, 0.5) is 0 Å². The summed E-state index contributed by atoms with van der Waals surface area (Å²) in [5, 5.41) is 11.6. The second kappa shape index (κ2) is 5.53. The fraction of sp³-hybridized carbons (Fsp3) is 0.667. The molecule has 0 saturated carbocycles. The van der Waals surface area contributed by atoms with Gasteiger partial charge in [-0.3, -0.25) is 9.59 Å².